The predicted octanol–water partition coefficient (Wildman–Crippen LogP) is 2.77. The highest BCUT2D eigenvalue weighted by atomic mass is 16.5. The third kappa shape index (κ3) is 3.48. The van der Waals surface area contributed by atoms with Gasteiger partial charge in [0.2, 0.25) is 11.8 Å². The van der Waals surface area contributed by atoms with Gasteiger partial charge in [-0.2, -0.15) is 0 Å². The number of piperidine rings is 1. The molecule has 1 aromatic heterocycles. The number of ether oxygens (including phenoxy) is 1. The maximum absolute atomic E-state index is 12.1. The molecular weight excluding hydrogens is 290 g/mol. The summed E-state index contributed by atoms with van der Waals surface area (Å²) < 4.78 is 5.91. The Hall–Kier alpha value is -1.65. The van der Waals surface area contributed by atoms with Crippen LogP contribution in [0.5, 0.6) is 5.88 Å². The van der Waals surface area contributed by atoms with Crippen LogP contribution in [0, 0.1) is 11.8 Å². The van der Waals surface area contributed by atoms with Gasteiger partial charge in [-0.3, -0.25) is 4.79 Å². The van der Waals surface area contributed by atoms with Gasteiger partial charge in [-0.1, -0.05) is 6.42 Å². The quantitative estimate of drug-likeness (QED) is 0.838. The summed E-state index contributed by atoms with van der Waals surface area (Å²) in [5.74, 6) is 2.56. The summed E-state index contributed by atoms with van der Waals surface area (Å²) in [6.07, 6.45) is 9.69. The zero-order chi connectivity index (χ0) is 15.6. The van der Waals surface area contributed by atoms with Gasteiger partial charge in [0.25, 0.3) is 0 Å². The zero-order valence-corrected chi connectivity index (χ0v) is 13.6. The van der Waals surface area contributed by atoms with Crippen molar-refractivity contribution in [3.8, 4) is 5.88 Å². The first-order valence-corrected chi connectivity index (χ1v) is 9.03. The first kappa shape index (κ1) is 14.9. The molecule has 5 nitrogen and oxygen atoms in total. The van der Waals surface area contributed by atoms with E-state index in [1.54, 1.807) is 6.33 Å². The number of carbonyl (C=O) groups is 1. The van der Waals surface area contributed by atoms with Crippen LogP contribution < -0.4 is 4.74 Å². The van der Waals surface area contributed by atoms with Crippen molar-refractivity contribution in [2.45, 2.75) is 50.9 Å². The molecule has 0 bridgehead atoms. The molecule has 5 heteroatoms. The Morgan fingerprint density at radius 3 is 2.57 bits per heavy atom. The summed E-state index contributed by atoms with van der Waals surface area (Å²) in [5, 5.41) is 0. The maximum Gasteiger partial charge on any atom is 0.225 e. The second-order valence-electron chi connectivity index (χ2n) is 7.26. The molecule has 0 N–H and O–H groups in total. The number of nitrogens with zero attached hydrogens (tertiary/aromatic N) is 3. The molecular formula is C18H25N3O2. The maximum atomic E-state index is 12.1. The molecule has 3 aliphatic rings. The van der Waals surface area contributed by atoms with Crippen LogP contribution in [-0.4, -0.2) is 40.5 Å². The third-order valence-electron chi connectivity index (χ3n) is 5.51. The van der Waals surface area contributed by atoms with Crippen molar-refractivity contribution in [1.29, 1.82) is 0 Å². The van der Waals surface area contributed by atoms with Gasteiger partial charge in [0.15, 0.2) is 0 Å². The monoisotopic (exact) mass is 315 g/mol. The van der Waals surface area contributed by atoms with Gasteiger partial charge < -0.3 is 9.64 Å². The molecule has 4 rings (SSSR count). The highest BCUT2D eigenvalue weighted by Gasteiger charge is 2.35. The first-order chi connectivity index (χ1) is 11.3. The standard InChI is InChI=1S/C18H25N3O2/c22-18(15-4-5-15)21-8-6-13(7-9-21)11-23-17-10-16(19-12-20-17)14-2-1-3-14/h10,12-15H,1-9,11H2. The molecule has 0 spiro atoms. The second-order valence-corrected chi connectivity index (χ2v) is 7.26. The van der Waals surface area contributed by atoms with Crippen LogP contribution in [-0.2, 0) is 4.79 Å². The van der Waals surface area contributed by atoms with Gasteiger partial charge in [0.1, 0.15) is 6.33 Å². The van der Waals surface area contributed by atoms with Gasteiger partial charge >= 0.3 is 0 Å². The Bertz CT molecular complexity index is 561. The van der Waals surface area contributed by atoms with Crippen LogP contribution >= 0.6 is 0 Å². The van der Waals surface area contributed by atoms with Crippen LogP contribution in [0.1, 0.15) is 56.6 Å². The SMILES string of the molecule is O=C(C1CC1)N1CCC(COc2cc(C3CCC3)ncn2)CC1. The van der Waals surface area contributed by atoms with E-state index in [4.69, 9.17) is 4.74 Å². The predicted molar refractivity (Wildman–Crippen MR) is 86.1 cm³/mol. The Kier molecular flexibility index (Phi) is 4.19. The molecule has 23 heavy (non-hydrogen) atoms. The zero-order valence-electron chi connectivity index (χ0n) is 13.6. The highest BCUT2D eigenvalue weighted by molar-refractivity contribution is 5.81. The largest absolute Gasteiger partial charge is 0.477 e. The molecule has 0 radical (unpaired) electrons. The number of hydrogen-bond acceptors (Lipinski definition) is 4. The fourth-order valence-electron chi connectivity index (χ4n) is 3.47. The Balaban J connectivity index is 1.24. The van der Waals surface area contributed by atoms with E-state index in [0.717, 1.165) is 44.5 Å². The summed E-state index contributed by atoms with van der Waals surface area (Å²) in [6, 6.07) is 2.01. The second kappa shape index (κ2) is 6.46. The fraction of sp³-hybridized carbons (Fsp3) is 0.722. The van der Waals surface area contributed by atoms with Crippen molar-refractivity contribution < 1.29 is 9.53 Å². The van der Waals surface area contributed by atoms with Gasteiger partial charge in [-0.15, -0.1) is 0 Å². The topological polar surface area (TPSA) is 55.3 Å². The minimum atomic E-state index is 0.341. The molecule has 1 aliphatic heterocycles. The minimum Gasteiger partial charge on any atom is -0.477 e. The molecule has 0 aromatic carbocycles. The third-order valence-corrected chi connectivity index (χ3v) is 5.51. The van der Waals surface area contributed by atoms with Gasteiger partial charge in [-0.25, -0.2) is 9.97 Å². The lowest BCUT2D eigenvalue weighted by Gasteiger charge is -2.32. The Morgan fingerprint density at radius 2 is 1.91 bits per heavy atom. The number of carbonyl (C=O) groups excluding carboxylic acids is 1. The molecule has 0 atom stereocenters. The summed E-state index contributed by atoms with van der Waals surface area (Å²) in [4.78, 5) is 22.7. The molecule has 2 saturated carbocycles. The highest BCUT2D eigenvalue weighted by Crippen LogP contribution is 2.36. The van der Waals surface area contributed by atoms with E-state index in [-0.39, 0.29) is 0 Å². The van der Waals surface area contributed by atoms with E-state index in [1.807, 2.05) is 11.0 Å². The molecule has 1 amide bonds. The average molecular weight is 315 g/mol. The van der Waals surface area contributed by atoms with E-state index in [0.29, 0.717) is 36.1 Å². The average Bonchev–Trinajstić information content (AvgIpc) is 3.36. The summed E-state index contributed by atoms with van der Waals surface area (Å²) in [6.45, 7) is 2.48. The van der Waals surface area contributed by atoms with E-state index in [2.05, 4.69) is 9.97 Å². The summed E-state index contributed by atoms with van der Waals surface area (Å²) in [5.41, 5.74) is 1.13. The fourth-order valence-corrected chi connectivity index (χ4v) is 3.47. The van der Waals surface area contributed by atoms with E-state index < -0.39 is 0 Å². The minimum absolute atomic E-state index is 0.341. The van der Waals surface area contributed by atoms with E-state index in [1.165, 1.54) is 19.3 Å². The van der Waals surface area contributed by atoms with Crippen molar-refractivity contribution in [3.63, 3.8) is 0 Å². The van der Waals surface area contributed by atoms with Crippen LogP contribution in [0.2, 0.25) is 0 Å². The molecule has 2 aliphatic carbocycles. The Labute approximate surface area is 137 Å². The normalized spacial score (nSPS) is 22.7. The van der Waals surface area contributed by atoms with Crippen molar-refractivity contribution >= 4 is 5.91 Å². The molecule has 1 aromatic rings. The number of aromatic nitrogens is 2. The lowest BCUT2D eigenvalue weighted by molar-refractivity contribution is -0.134. The van der Waals surface area contributed by atoms with E-state index in [9.17, 15) is 4.79 Å². The van der Waals surface area contributed by atoms with Gasteiger partial charge in [0, 0.05) is 31.0 Å². The molecule has 2 heterocycles. The lowest BCUT2D eigenvalue weighted by Crippen LogP contribution is -2.40. The molecule has 3 fully saturated rings. The van der Waals surface area contributed by atoms with E-state index >= 15 is 0 Å². The Morgan fingerprint density at radius 1 is 1.13 bits per heavy atom. The number of likely N-dealkylation sites (tertiary alicyclic amines) is 1. The van der Waals surface area contributed by atoms with Gasteiger partial charge in [0.05, 0.1) is 12.3 Å². The van der Waals surface area contributed by atoms with Crippen LogP contribution in [0.4, 0.5) is 0 Å². The van der Waals surface area contributed by atoms with Crippen LogP contribution in [0.3, 0.4) is 0 Å². The van der Waals surface area contributed by atoms with Crippen LogP contribution in [0.25, 0.3) is 0 Å². The van der Waals surface area contributed by atoms with Crippen molar-refractivity contribution in [2.75, 3.05) is 19.7 Å². The van der Waals surface area contributed by atoms with Crippen molar-refractivity contribution in [3.05, 3.63) is 18.1 Å². The molecule has 1 saturated heterocycles. The van der Waals surface area contributed by atoms with Crippen molar-refractivity contribution in [2.24, 2.45) is 11.8 Å². The molecule has 0 unspecified atom stereocenters. The lowest BCUT2D eigenvalue weighted by atomic mass is 9.83. The van der Waals surface area contributed by atoms with Crippen LogP contribution in [0.15, 0.2) is 12.4 Å². The first-order valence-electron chi connectivity index (χ1n) is 9.03. The summed E-state index contributed by atoms with van der Waals surface area (Å²) >= 11 is 0. The number of rotatable bonds is 5. The smallest absolute Gasteiger partial charge is 0.225 e. The molecule has 124 valence electrons. The summed E-state index contributed by atoms with van der Waals surface area (Å²) in [7, 11) is 0. The number of amides is 1. The number of hydrogen-bond donors (Lipinski definition) is 0. The van der Waals surface area contributed by atoms with Gasteiger partial charge in [-0.05, 0) is 44.4 Å². The van der Waals surface area contributed by atoms with Crippen molar-refractivity contribution in [1.82, 2.24) is 14.9 Å².